The molecule has 0 spiro atoms. The molecule has 4 nitrogen and oxygen atoms in total. The predicted molar refractivity (Wildman–Crippen MR) is 77.2 cm³/mol. The summed E-state index contributed by atoms with van der Waals surface area (Å²) in [5, 5.41) is 15.0. The lowest BCUT2D eigenvalue weighted by molar-refractivity contribution is 0.0698. The van der Waals surface area contributed by atoms with Crippen LogP contribution in [-0.2, 0) is 6.54 Å². The molecular weight excluding hydrogens is 276 g/mol. The van der Waals surface area contributed by atoms with E-state index in [1.54, 1.807) is 35.1 Å². The van der Waals surface area contributed by atoms with Crippen molar-refractivity contribution in [2.75, 3.05) is 0 Å². The number of carbonyl (C=O) groups is 1. The minimum absolute atomic E-state index is 0.258. The minimum Gasteiger partial charge on any atom is -0.478 e. The maximum Gasteiger partial charge on any atom is 0.337 e. The zero-order chi connectivity index (χ0) is 14.1. The van der Waals surface area contributed by atoms with E-state index in [4.69, 9.17) is 11.6 Å². The summed E-state index contributed by atoms with van der Waals surface area (Å²) in [5.41, 5.74) is 1.91. The summed E-state index contributed by atoms with van der Waals surface area (Å²) >= 11 is 5.86. The Hall–Kier alpha value is -2.33. The molecule has 0 atom stereocenters. The number of benzene rings is 2. The number of hydrogen-bond donors (Lipinski definition) is 1. The molecule has 20 heavy (non-hydrogen) atoms. The molecule has 0 radical (unpaired) electrons. The van der Waals surface area contributed by atoms with Crippen LogP contribution in [0.4, 0.5) is 0 Å². The van der Waals surface area contributed by atoms with Crippen molar-refractivity contribution in [3.63, 3.8) is 0 Å². The van der Waals surface area contributed by atoms with Gasteiger partial charge in [-0.05, 0) is 23.8 Å². The third-order valence-corrected chi connectivity index (χ3v) is 3.39. The number of carboxylic acids is 1. The van der Waals surface area contributed by atoms with Crippen LogP contribution in [0.5, 0.6) is 0 Å². The summed E-state index contributed by atoms with van der Waals surface area (Å²) in [4.78, 5) is 11.3. The second-order valence-electron chi connectivity index (χ2n) is 4.48. The molecule has 0 amide bonds. The molecule has 0 bridgehead atoms. The summed E-state index contributed by atoms with van der Waals surface area (Å²) in [6, 6.07) is 12.6. The van der Waals surface area contributed by atoms with Crippen molar-refractivity contribution in [3.05, 3.63) is 64.8 Å². The molecule has 1 aromatic heterocycles. The van der Waals surface area contributed by atoms with Crippen molar-refractivity contribution in [3.8, 4) is 0 Å². The van der Waals surface area contributed by atoms with E-state index in [9.17, 15) is 9.90 Å². The van der Waals surface area contributed by atoms with Crippen LogP contribution in [0.15, 0.2) is 48.7 Å². The van der Waals surface area contributed by atoms with Crippen LogP contribution in [0.1, 0.15) is 15.9 Å². The molecule has 0 aliphatic carbocycles. The maximum atomic E-state index is 11.3. The predicted octanol–water partition coefficient (Wildman–Crippen LogP) is 3.44. The highest BCUT2D eigenvalue weighted by Gasteiger charge is 2.13. The van der Waals surface area contributed by atoms with Crippen LogP contribution in [0, 0.1) is 0 Å². The van der Waals surface area contributed by atoms with Gasteiger partial charge in [-0.15, -0.1) is 0 Å². The van der Waals surface area contributed by atoms with Gasteiger partial charge in [-0.1, -0.05) is 35.9 Å². The lowest BCUT2D eigenvalue weighted by Crippen LogP contribution is -2.06. The van der Waals surface area contributed by atoms with Crippen LogP contribution in [0.25, 0.3) is 10.9 Å². The molecule has 1 N–H and O–H groups in total. The number of aromatic carboxylic acids is 1. The number of carboxylic acid groups (broad SMARTS) is 1. The smallest absolute Gasteiger partial charge is 0.337 e. The molecule has 0 saturated heterocycles. The highest BCUT2D eigenvalue weighted by molar-refractivity contribution is 6.30. The zero-order valence-corrected chi connectivity index (χ0v) is 11.2. The van der Waals surface area contributed by atoms with E-state index in [-0.39, 0.29) is 5.56 Å². The zero-order valence-electron chi connectivity index (χ0n) is 10.5. The van der Waals surface area contributed by atoms with Crippen molar-refractivity contribution in [1.29, 1.82) is 0 Å². The molecule has 3 aromatic rings. The quantitative estimate of drug-likeness (QED) is 0.802. The Morgan fingerprint density at radius 3 is 2.65 bits per heavy atom. The molecular formula is C15H11ClN2O2. The van der Waals surface area contributed by atoms with E-state index in [2.05, 4.69) is 5.10 Å². The standard InChI is InChI=1S/C15H11ClN2O2/c16-12-6-4-10(5-7-12)9-18-14-11(8-17-18)2-1-3-13(14)15(19)20/h1-8H,9H2,(H,19,20). The van der Waals surface area contributed by atoms with Gasteiger partial charge in [0.2, 0.25) is 0 Å². The number of aromatic nitrogens is 2. The summed E-state index contributed by atoms with van der Waals surface area (Å²) < 4.78 is 1.70. The Bertz CT molecular complexity index is 778. The third kappa shape index (κ3) is 2.26. The van der Waals surface area contributed by atoms with Crippen LogP contribution in [0.2, 0.25) is 5.02 Å². The Labute approximate surface area is 120 Å². The fourth-order valence-electron chi connectivity index (χ4n) is 2.20. The first-order valence-electron chi connectivity index (χ1n) is 6.07. The normalized spacial score (nSPS) is 10.8. The van der Waals surface area contributed by atoms with Crippen molar-refractivity contribution < 1.29 is 9.90 Å². The van der Waals surface area contributed by atoms with E-state index < -0.39 is 5.97 Å². The van der Waals surface area contributed by atoms with E-state index >= 15 is 0 Å². The lowest BCUT2D eigenvalue weighted by Gasteiger charge is -2.06. The van der Waals surface area contributed by atoms with Gasteiger partial charge in [0.15, 0.2) is 0 Å². The Kier molecular flexibility index (Phi) is 3.16. The van der Waals surface area contributed by atoms with Gasteiger partial charge >= 0.3 is 5.97 Å². The van der Waals surface area contributed by atoms with Gasteiger partial charge in [0, 0.05) is 10.4 Å². The summed E-state index contributed by atoms with van der Waals surface area (Å²) in [5.74, 6) is -0.951. The Balaban J connectivity index is 2.07. The number of nitrogens with zero attached hydrogens (tertiary/aromatic N) is 2. The number of hydrogen-bond acceptors (Lipinski definition) is 2. The Morgan fingerprint density at radius 2 is 1.95 bits per heavy atom. The second-order valence-corrected chi connectivity index (χ2v) is 4.91. The van der Waals surface area contributed by atoms with Gasteiger partial charge in [-0.2, -0.15) is 5.10 Å². The molecule has 100 valence electrons. The monoisotopic (exact) mass is 286 g/mol. The Morgan fingerprint density at radius 1 is 1.20 bits per heavy atom. The average molecular weight is 287 g/mol. The van der Waals surface area contributed by atoms with Gasteiger partial charge < -0.3 is 5.11 Å². The lowest BCUT2D eigenvalue weighted by atomic mass is 10.1. The first kappa shape index (κ1) is 12.7. The van der Waals surface area contributed by atoms with Crippen molar-refractivity contribution in [2.45, 2.75) is 6.54 Å². The fraction of sp³-hybridized carbons (Fsp3) is 0.0667. The van der Waals surface area contributed by atoms with Crippen molar-refractivity contribution in [1.82, 2.24) is 9.78 Å². The average Bonchev–Trinajstić information content (AvgIpc) is 2.84. The minimum atomic E-state index is -0.951. The fourth-order valence-corrected chi connectivity index (χ4v) is 2.32. The molecule has 0 fully saturated rings. The number of para-hydroxylation sites is 1. The van der Waals surface area contributed by atoms with Gasteiger partial charge in [-0.25, -0.2) is 4.79 Å². The molecule has 2 aromatic carbocycles. The van der Waals surface area contributed by atoms with E-state index in [0.717, 1.165) is 10.9 Å². The van der Waals surface area contributed by atoms with E-state index in [1.807, 2.05) is 18.2 Å². The topological polar surface area (TPSA) is 55.1 Å². The van der Waals surface area contributed by atoms with E-state index in [1.165, 1.54) is 0 Å². The summed E-state index contributed by atoms with van der Waals surface area (Å²) in [7, 11) is 0. The largest absolute Gasteiger partial charge is 0.478 e. The summed E-state index contributed by atoms with van der Waals surface area (Å²) in [6.07, 6.45) is 1.68. The van der Waals surface area contributed by atoms with Crippen LogP contribution >= 0.6 is 11.6 Å². The number of fused-ring (bicyclic) bond motifs is 1. The van der Waals surface area contributed by atoms with Crippen LogP contribution in [-0.4, -0.2) is 20.9 Å². The molecule has 3 rings (SSSR count). The van der Waals surface area contributed by atoms with Crippen molar-refractivity contribution >= 4 is 28.5 Å². The van der Waals surface area contributed by atoms with Gasteiger partial charge in [0.1, 0.15) is 0 Å². The number of rotatable bonds is 3. The highest BCUT2D eigenvalue weighted by Crippen LogP contribution is 2.20. The van der Waals surface area contributed by atoms with Crippen molar-refractivity contribution in [2.24, 2.45) is 0 Å². The molecule has 1 heterocycles. The van der Waals surface area contributed by atoms with E-state index in [0.29, 0.717) is 17.1 Å². The molecule has 0 aliphatic rings. The third-order valence-electron chi connectivity index (χ3n) is 3.14. The SMILES string of the molecule is O=C(O)c1cccc2cnn(Cc3ccc(Cl)cc3)c12. The first-order valence-corrected chi connectivity index (χ1v) is 6.45. The van der Waals surface area contributed by atoms with Gasteiger partial charge in [0.05, 0.1) is 23.8 Å². The highest BCUT2D eigenvalue weighted by atomic mass is 35.5. The molecule has 0 aliphatic heterocycles. The summed E-state index contributed by atoms with van der Waals surface area (Å²) in [6.45, 7) is 0.505. The van der Waals surface area contributed by atoms with Crippen LogP contribution in [0.3, 0.4) is 0 Å². The van der Waals surface area contributed by atoms with Crippen LogP contribution < -0.4 is 0 Å². The molecule has 0 saturated carbocycles. The van der Waals surface area contributed by atoms with Gasteiger partial charge in [0.25, 0.3) is 0 Å². The van der Waals surface area contributed by atoms with Gasteiger partial charge in [-0.3, -0.25) is 4.68 Å². The number of halogens is 1. The maximum absolute atomic E-state index is 11.3. The molecule has 0 unspecified atom stereocenters. The second kappa shape index (κ2) is 4.98. The first-order chi connectivity index (χ1) is 9.65. The molecule has 5 heteroatoms.